The molecule has 1 aromatic heterocycles. The first-order valence-electron chi connectivity index (χ1n) is 9.71. The number of guanidine groups is 1. The van der Waals surface area contributed by atoms with Crippen molar-refractivity contribution in [3.05, 3.63) is 51.0 Å². The lowest BCUT2D eigenvalue weighted by atomic mass is 10.1. The molecule has 0 bridgehead atoms. The number of benzene rings is 1. The Morgan fingerprint density at radius 1 is 1.13 bits per heavy atom. The molecule has 0 saturated carbocycles. The van der Waals surface area contributed by atoms with Gasteiger partial charge in [-0.25, -0.2) is 23.1 Å². The first-order chi connectivity index (χ1) is 13.7. The van der Waals surface area contributed by atoms with Gasteiger partial charge >= 0.3 is 0 Å². The molecule has 2 rings (SSSR count). The van der Waals surface area contributed by atoms with Crippen LogP contribution in [0, 0.1) is 13.8 Å². The van der Waals surface area contributed by atoms with Crippen molar-refractivity contribution < 1.29 is 8.42 Å². The second-order valence-electron chi connectivity index (χ2n) is 7.14. The lowest BCUT2D eigenvalue weighted by molar-refractivity contribution is 0.569. The SMILES string of the molecule is CCNC(=NCc1ccc(CS(=O)(=O)NC(C)C)cc1)NCc1sc(C)nc1C.I. The molecule has 1 aromatic carbocycles. The van der Waals surface area contributed by atoms with Crippen molar-refractivity contribution in [1.82, 2.24) is 20.3 Å². The van der Waals surface area contributed by atoms with E-state index in [1.165, 1.54) is 4.88 Å². The lowest BCUT2D eigenvalue weighted by Gasteiger charge is -2.11. The largest absolute Gasteiger partial charge is 0.357 e. The first-order valence-corrected chi connectivity index (χ1v) is 12.2. The molecule has 30 heavy (non-hydrogen) atoms. The molecule has 7 nitrogen and oxygen atoms in total. The van der Waals surface area contributed by atoms with Crippen molar-refractivity contribution in [2.24, 2.45) is 4.99 Å². The van der Waals surface area contributed by atoms with Crippen LogP contribution in [-0.4, -0.2) is 31.9 Å². The number of thiazole rings is 1. The number of nitrogens with zero attached hydrogens (tertiary/aromatic N) is 2. The second-order valence-corrected chi connectivity index (χ2v) is 10.2. The van der Waals surface area contributed by atoms with Crippen LogP contribution in [0.3, 0.4) is 0 Å². The maximum Gasteiger partial charge on any atom is 0.216 e. The molecule has 0 saturated heterocycles. The average Bonchev–Trinajstić information content (AvgIpc) is 2.94. The van der Waals surface area contributed by atoms with Gasteiger partial charge < -0.3 is 10.6 Å². The minimum atomic E-state index is -3.32. The summed E-state index contributed by atoms with van der Waals surface area (Å²) < 4.78 is 26.7. The van der Waals surface area contributed by atoms with Gasteiger partial charge in [-0.3, -0.25) is 0 Å². The van der Waals surface area contributed by atoms with Gasteiger partial charge in [-0.2, -0.15) is 0 Å². The fourth-order valence-electron chi connectivity index (χ4n) is 2.77. The summed E-state index contributed by atoms with van der Waals surface area (Å²) in [5, 5.41) is 7.65. The molecule has 0 atom stereocenters. The third-order valence-electron chi connectivity index (χ3n) is 3.97. The Hall–Kier alpha value is -1.24. The zero-order valence-corrected chi connectivity index (χ0v) is 22.1. The molecule has 0 aliphatic carbocycles. The van der Waals surface area contributed by atoms with Crippen molar-refractivity contribution in [3.8, 4) is 0 Å². The van der Waals surface area contributed by atoms with E-state index in [-0.39, 0.29) is 35.8 Å². The predicted molar refractivity (Wildman–Crippen MR) is 136 cm³/mol. The summed E-state index contributed by atoms with van der Waals surface area (Å²) in [5.74, 6) is 0.720. The van der Waals surface area contributed by atoms with Gasteiger partial charge in [0.1, 0.15) is 0 Å². The molecule has 0 spiro atoms. The van der Waals surface area contributed by atoms with Crippen LogP contribution >= 0.6 is 35.3 Å². The van der Waals surface area contributed by atoms with Gasteiger partial charge in [0.25, 0.3) is 0 Å². The quantitative estimate of drug-likeness (QED) is 0.246. The molecule has 168 valence electrons. The van der Waals surface area contributed by atoms with Gasteiger partial charge in [0.2, 0.25) is 10.0 Å². The Kier molecular flexibility index (Phi) is 11.2. The highest BCUT2D eigenvalue weighted by Gasteiger charge is 2.12. The topological polar surface area (TPSA) is 95.5 Å². The third kappa shape index (κ3) is 9.27. The van der Waals surface area contributed by atoms with Crippen molar-refractivity contribution in [1.29, 1.82) is 0 Å². The predicted octanol–water partition coefficient (Wildman–Crippen LogP) is 3.46. The normalized spacial score (nSPS) is 12.0. The Morgan fingerprint density at radius 3 is 2.30 bits per heavy atom. The van der Waals surface area contributed by atoms with Crippen LogP contribution in [0.4, 0.5) is 0 Å². The van der Waals surface area contributed by atoms with Crippen LogP contribution in [0.2, 0.25) is 0 Å². The number of sulfonamides is 1. The van der Waals surface area contributed by atoms with E-state index in [1.54, 1.807) is 11.3 Å². The number of aliphatic imine (C=N–C) groups is 1. The van der Waals surface area contributed by atoms with Crippen LogP contribution in [-0.2, 0) is 28.9 Å². The molecule has 1 heterocycles. The number of hydrogen-bond donors (Lipinski definition) is 3. The third-order valence-corrected chi connectivity index (χ3v) is 6.59. The van der Waals surface area contributed by atoms with E-state index in [9.17, 15) is 8.42 Å². The smallest absolute Gasteiger partial charge is 0.216 e. The maximum absolute atomic E-state index is 12.0. The summed E-state index contributed by atoms with van der Waals surface area (Å²) in [6.07, 6.45) is 0. The number of aromatic nitrogens is 1. The molecule has 0 radical (unpaired) electrons. The molecule has 0 amide bonds. The highest BCUT2D eigenvalue weighted by Crippen LogP contribution is 2.16. The molecule has 0 aliphatic heterocycles. The van der Waals surface area contributed by atoms with Gasteiger partial charge in [-0.05, 0) is 45.7 Å². The van der Waals surface area contributed by atoms with Gasteiger partial charge in [0, 0.05) is 17.5 Å². The van der Waals surface area contributed by atoms with Gasteiger partial charge in [0.05, 0.1) is 29.5 Å². The Labute approximate surface area is 201 Å². The fraction of sp³-hybridized carbons (Fsp3) is 0.500. The van der Waals surface area contributed by atoms with Gasteiger partial charge in [0.15, 0.2) is 5.96 Å². The molecule has 10 heteroatoms. The number of aryl methyl sites for hydroxylation is 2. The maximum atomic E-state index is 12.0. The van der Waals surface area contributed by atoms with Crippen LogP contribution in [0.15, 0.2) is 29.3 Å². The van der Waals surface area contributed by atoms with Crippen LogP contribution in [0.1, 0.15) is 47.5 Å². The fourth-order valence-corrected chi connectivity index (χ4v) is 5.08. The van der Waals surface area contributed by atoms with Crippen molar-refractivity contribution in [2.45, 2.75) is 59.5 Å². The minimum Gasteiger partial charge on any atom is -0.357 e. The summed E-state index contributed by atoms with van der Waals surface area (Å²) >= 11 is 1.69. The number of nitrogens with one attached hydrogen (secondary N) is 3. The molecule has 0 fully saturated rings. The zero-order chi connectivity index (χ0) is 21.4. The molecular weight excluding hydrogens is 533 g/mol. The highest BCUT2D eigenvalue weighted by molar-refractivity contribution is 14.0. The average molecular weight is 566 g/mol. The van der Waals surface area contributed by atoms with Gasteiger partial charge in [-0.1, -0.05) is 24.3 Å². The minimum absolute atomic E-state index is 0. The number of hydrogen-bond acceptors (Lipinski definition) is 5. The standard InChI is InChI=1S/C20H31N5O2S2.HI/c1-6-21-20(23-12-19-15(4)24-16(5)28-19)22-11-17-7-9-18(10-8-17)13-29(26,27)25-14(2)3;/h7-10,14,25H,6,11-13H2,1-5H3,(H2,21,22,23);1H. The van der Waals surface area contributed by atoms with E-state index in [0.29, 0.717) is 13.1 Å². The van der Waals surface area contributed by atoms with Crippen LogP contribution in [0.5, 0.6) is 0 Å². The first kappa shape index (κ1) is 26.8. The molecule has 3 N–H and O–H groups in total. The van der Waals surface area contributed by atoms with Crippen molar-refractivity contribution in [2.75, 3.05) is 6.54 Å². The Morgan fingerprint density at radius 2 is 1.77 bits per heavy atom. The monoisotopic (exact) mass is 565 g/mol. The van der Waals surface area contributed by atoms with Crippen molar-refractivity contribution in [3.63, 3.8) is 0 Å². The van der Waals surface area contributed by atoms with E-state index in [4.69, 9.17) is 0 Å². The molecule has 0 aliphatic rings. The van der Waals surface area contributed by atoms with Gasteiger partial charge in [-0.15, -0.1) is 35.3 Å². The van der Waals surface area contributed by atoms with E-state index >= 15 is 0 Å². The summed E-state index contributed by atoms with van der Waals surface area (Å²) in [6, 6.07) is 7.42. The number of rotatable bonds is 9. The van der Waals surface area contributed by atoms with E-state index < -0.39 is 10.0 Å². The highest BCUT2D eigenvalue weighted by atomic mass is 127. The molecule has 0 unspecified atom stereocenters. The summed E-state index contributed by atoms with van der Waals surface area (Å²) in [5.41, 5.74) is 2.82. The van der Waals surface area contributed by atoms with Crippen LogP contribution in [0.25, 0.3) is 0 Å². The van der Waals surface area contributed by atoms with Crippen molar-refractivity contribution >= 4 is 51.3 Å². The summed E-state index contributed by atoms with van der Waals surface area (Å²) in [4.78, 5) is 10.3. The summed E-state index contributed by atoms with van der Waals surface area (Å²) in [6.45, 7) is 11.6. The second kappa shape index (κ2) is 12.6. The number of halogens is 1. The molecule has 2 aromatic rings. The molecular formula is C20H32IN5O2S2. The zero-order valence-electron chi connectivity index (χ0n) is 18.2. The lowest BCUT2D eigenvalue weighted by Crippen LogP contribution is -2.36. The van der Waals surface area contributed by atoms with E-state index in [0.717, 1.165) is 34.3 Å². The Balaban J connectivity index is 0.00000450. The van der Waals surface area contributed by atoms with E-state index in [1.807, 2.05) is 58.9 Å². The summed E-state index contributed by atoms with van der Waals surface area (Å²) in [7, 11) is -3.32. The van der Waals surface area contributed by atoms with E-state index in [2.05, 4.69) is 25.3 Å². The Bertz CT molecular complexity index is 925. The van der Waals surface area contributed by atoms with Crippen LogP contribution < -0.4 is 15.4 Å².